The fraction of sp³-hybridized carbons (Fsp3) is 0.818. The van der Waals surface area contributed by atoms with E-state index < -0.39 is 37.7 Å². The van der Waals surface area contributed by atoms with Crippen LogP contribution in [0.1, 0.15) is 6.92 Å². The summed E-state index contributed by atoms with van der Waals surface area (Å²) in [4.78, 5) is 24.4. The first-order valence-electron chi connectivity index (χ1n) is 6.07. The molecule has 116 valence electrons. The second kappa shape index (κ2) is 6.89. The van der Waals surface area contributed by atoms with Crippen LogP contribution in [0.3, 0.4) is 0 Å². The number of rotatable bonds is 5. The Morgan fingerprint density at radius 3 is 2.55 bits per heavy atom. The third kappa shape index (κ3) is 6.20. The Balaban J connectivity index is 2.58. The van der Waals surface area contributed by atoms with Gasteiger partial charge in [0.2, 0.25) is 5.91 Å². The third-order valence-electron chi connectivity index (χ3n) is 2.71. The molecule has 1 saturated heterocycles. The van der Waals surface area contributed by atoms with Crippen molar-refractivity contribution in [3.8, 4) is 0 Å². The van der Waals surface area contributed by atoms with Crippen LogP contribution >= 0.6 is 0 Å². The first kappa shape index (κ1) is 16.7. The van der Waals surface area contributed by atoms with Gasteiger partial charge in [-0.2, -0.15) is 13.2 Å². The van der Waals surface area contributed by atoms with Gasteiger partial charge in [-0.05, 0) is 6.92 Å². The van der Waals surface area contributed by atoms with E-state index >= 15 is 0 Å². The van der Waals surface area contributed by atoms with Crippen molar-refractivity contribution in [1.29, 1.82) is 0 Å². The largest absolute Gasteiger partial charge is 0.480 e. The minimum atomic E-state index is -4.55. The zero-order valence-corrected chi connectivity index (χ0v) is 11.0. The highest BCUT2D eigenvalue weighted by Crippen LogP contribution is 2.16. The number of hydrogen-bond acceptors (Lipinski definition) is 4. The molecule has 6 nitrogen and oxygen atoms in total. The monoisotopic (exact) mass is 298 g/mol. The third-order valence-corrected chi connectivity index (χ3v) is 2.71. The molecule has 1 N–H and O–H groups in total. The number of ether oxygens (including phenoxy) is 1. The second-order valence-corrected chi connectivity index (χ2v) is 4.68. The molecule has 1 fully saturated rings. The number of nitrogens with zero attached hydrogens (tertiary/aromatic N) is 2. The summed E-state index contributed by atoms with van der Waals surface area (Å²) in [6.45, 7) is -0.147. The van der Waals surface area contributed by atoms with E-state index in [1.54, 1.807) is 6.92 Å². The lowest BCUT2D eigenvalue weighted by molar-refractivity contribution is -0.158. The highest BCUT2D eigenvalue weighted by atomic mass is 19.4. The summed E-state index contributed by atoms with van der Waals surface area (Å²) in [7, 11) is 0. The molecule has 1 atom stereocenters. The number of carbonyl (C=O) groups is 2. The highest BCUT2D eigenvalue weighted by molar-refractivity contribution is 5.79. The smallest absolute Gasteiger partial charge is 0.401 e. The fourth-order valence-electron chi connectivity index (χ4n) is 1.95. The van der Waals surface area contributed by atoms with E-state index in [9.17, 15) is 22.8 Å². The Morgan fingerprint density at radius 2 is 2.05 bits per heavy atom. The Morgan fingerprint density at radius 1 is 1.40 bits per heavy atom. The summed E-state index contributed by atoms with van der Waals surface area (Å²) < 4.78 is 42.2. The number of carbonyl (C=O) groups excluding carboxylic acids is 1. The molecule has 0 saturated carbocycles. The van der Waals surface area contributed by atoms with E-state index in [1.807, 2.05) is 0 Å². The molecule has 0 spiro atoms. The Hall–Kier alpha value is -1.35. The van der Waals surface area contributed by atoms with Crippen LogP contribution < -0.4 is 0 Å². The lowest BCUT2D eigenvalue weighted by Gasteiger charge is -2.32. The predicted molar refractivity (Wildman–Crippen MR) is 62.1 cm³/mol. The first-order valence-corrected chi connectivity index (χ1v) is 6.07. The van der Waals surface area contributed by atoms with Gasteiger partial charge in [0.1, 0.15) is 0 Å². The molecule has 1 aliphatic rings. The minimum Gasteiger partial charge on any atom is -0.480 e. The van der Waals surface area contributed by atoms with Crippen molar-refractivity contribution >= 4 is 11.9 Å². The maximum atomic E-state index is 12.3. The second-order valence-electron chi connectivity index (χ2n) is 4.68. The minimum absolute atomic E-state index is 0.178. The molecule has 1 aliphatic heterocycles. The van der Waals surface area contributed by atoms with Crippen molar-refractivity contribution in [2.45, 2.75) is 19.2 Å². The van der Waals surface area contributed by atoms with Gasteiger partial charge in [0.05, 0.1) is 32.3 Å². The number of alkyl halides is 3. The van der Waals surface area contributed by atoms with E-state index in [-0.39, 0.29) is 6.10 Å². The summed E-state index contributed by atoms with van der Waals surface area (Å²) in [5, 5.41) is 8.59. The molecule has 0 aromatic heterocycles. The van der Waals surface area contributed by atoms with Crippen LogP contribution in [0.5, 0.6) is 0 Å². The van der Waals surface area contributed by atoms with Crippen LogP contribution in [0.2, 0.25) is 0 Å². The standard InChI is InChI=1S/C11H17F3N2O4/c1-8-4-16(2-3-20-8)9(17)5-15(6-10(18)19)7-11(12,13)14/h8H,2-7H2,1H3,(H,18,19). The average Bonchev–Trinajstić information content (AvgIpc) is 2.25. The van der Waals surface area contributed by atoms with Crippen molar-refractivity contribution in [2.24, 2.45) is 0 Å². The van der Waals surface area contributed by atoms with Crippen LogP contribution in [-0.4, -0.2) is 78.4 Å². The van der Waals surface area contributed by atoms with Gasteiger partial charge < -0.3 is 14.7 Å². The highest BCUT2D eigenvalue weighted by Gasteiger charge is 2.33. The van der Waals surface area contributed by atoms with Gasteiger partial charge in [-0.15, -0.1) is 0 Å². The molecule has 0 aromatic rings. The molecule has 1 heterocycles. The maximum absolute atomic E-state index is 12.3. The summed E-state index contributed by atoms with van der Waals surface area (Å²) in [5.41, 5.74) is 0. The van der Waals surface area contributed by atoms with Gasteiger partial charge in [-0.25, -0.2) is 0 Å². The van der Waals surface area contributed by atoms with E-state index in [0.29, 0.717) is 24.6 Å². The summed E-state index contributed by atoms with van der Waals surface area (Å²) in [6.07, 6.45) is -4.73. The van der Waals surface area contributed by atoms with Crippen molar-refractivity contribution in [3.05, 3.63) is 0 Å². The first-order chi connectivity index (χ1) is 9.17. The van der Waals surface area contributed by atoms with Crippen molar-refractivity contribution in [3.63, 3.8) is 0 Å². The number of halogens is 3. The predicted octanol–water partition coefficient (Wildman–Crippen LogP) is 0.183. The Labute approximate surface area is 114 Å². The SMILES string of the molecule is CC1CN(C(=O)CN(CC(=O)O)CC(F)(F)F)CCO1. The van der Waals surface area contributed by atoms with Gasteiger partial charge in [-0.1, -0.05) is 0 Å². The summed E-state index contributed by atoms with van der Waals surface area (Å²) in [5.74, 6) is -1.93. The molecule has 1 rings (SSSR count). The van der Waals surface area contributed by atoms with Crippen molar-refractivity contribution in [1.82, 2.24) is 9.80 Å². The molecular weight excluding hydrogens is 281 g/mol. The van der Waals surface area contributed by atoms with Gasteiger partial charge in [0, 0.05) is 13.1 Å². The molecule has 0 aromatic carbocycles. The van der Waals surface area contributed by atoms with Gasteiger partial charge >= 0.3 is 12.1 Å². The molecule has 1 unspecified atom stereocenters. The number of morpholine rings is 1. The van der Waals surface area contributed by atoms with E-state index in [1.165, 1.54) is 4.90 Å². The molecule has 1 amide bonds. The van der Waals surface area contributed by atoms with Gasteiger partial charge in [-0.3, -0.25) is 14.5 Å². The lowest BCUT2D eigenvalue weighted by atomic mass is 10.3. The molecular formula is C11H17F3N2O4. The molecule has 9 heteroatoms. The fourth-order valence-corrected chi connectivity index (χ4v) is 1.95. The Kier molecular flexibility index (Phi) is 5.75. The van der Waals surface area contributed by atoms with Crippen LogP contribution in [0.25, 0.3) is 0 Å². The molecule has 0 aliphatic carbocycles. The van der Waals surface area contributed by atoms with Crippen LogP contribution in [0.4, 0.5) is 13.2 Å². The zero-order chi connectivity index (χ0) is 15.3. The topological polar surface area (TPSA) is 70.1 Å². The maximum Gasteiger partial charge on any atom is 0.401 e. The quantitative estimate of drug-likeness (QED) is 0.784. The van der Waals surface area contributed by atoms with E-state index in [2.05, 4.69) is 0 Å². The summed E-state index contributed by atoms with van der Waals surface area (Å²) >= 11 is 0. The lowest BCUT2D eigenvalue weighted by Crippen LogP contribution is -2.50. The van der Waals surface area contributed by atoms with E-state index in [0.717, 1.165) is 0 Å². The summed E-state index contributed by atoms with van der Waals surface area (Å²) in [6, 6.07) is 0. The zero-order valence-electron chi connectivity index (χ0n) is 11.0. The molecule has 0 bridgehead atoms. The number of aliphatic carboxylic acids is 1. The van der Waals surface area contributed by atoms with Crippen molar-refractivity contribution < 1.29 is 32.6 Å². The normalized spacial score (nSPS) is 20.2. The van der Waals surface area contributed by atoms with Crippen LogP contribution in [0.15, 0.2) is 0 Å². The number of amides is 1. The van der Waals surface area contributed by atoms with Crippen LogP contribution in [-0.2, 0) is 14.3 Å². The average molecular weight is 298 g/mol. The van der Waals surface area contributed by atoms with Gasteiger partial charge in [0.25, 0.3) is 0 Å². The number of carboxylic acid groups (broad SMARTS) is 1. The molecule has 20 heavy (non-hydrogen) atoms. The number of hydrogen-bond donors (Lipinski definition) is 1. The molecule has 0 radical (unpaired) electrons. The van der Waals surface area contributed by atoms with Crippen LogP contribution in [0, 0.1) is 0 Å². The van der Waals surface area contributed by atoms with E-state index in [4.69, 9.17) is 9.84 Å². The number of carboxylic acids is 1. The Bertz CT molecular complexity index is 362. The van der Waals surface area contributed by atoms with Gasteiger partial charge in [0.15, 0.2) is 0 Å². The van der Waals surface area contributed by atoms with Crippen molar-refractivity contribution in [2.75, 3.05) is 39.3 Å².